The van der Waals surface area contributed by atoms with Crippen molar-refractivity contribution < 1.29 is 18.8 Å². The quantitative estimate of drug-likeness (QED) is 0.585. The number of fused-ring (bicyclic) bond motifs is 1. The van der Waals surface area contributed by atoms with Crippen molar-refractivity contribution in [1.29, 1.82) is 0 Å². The number of hydrogen-bond donors (Lipinski definition) is 1. The van der Waals surface area contributed by atoms with Gasteiger partial charge in [-0.1, -0.05) is 30.3 Å². The lowest BCUT2D eigenvalue weighted by atomic mass is 10.2. The minimum absolute atomic E-state index is 0.0379. The van der Waals surface area contributed by atoms with E-state index in [4.69, 9.17) is 0 Å². The molecule has 0 bridgehead atoms. The van der Waals surface area contributed by atoms with Crippen molar-refractivity contribution in [1.82, 2.24) is 20.1 Å². The number of anilines is 2. The highest BCUT2D eigenvalue weighted by Crippen LogP contribution is 2.39. The highest BCUT2D eigenvalue weighted by atomic mass is 32.2. The molecule has 0 unspecified atom stereocenters. The van der Waals surface area contributed by atoms with Gasteiger partial charge < -0.3 is 15.1 Å². The predicted molar refractivity (Wildman–Crippen MR) is 129 cm³/mol. The average molecular weight is 495 g/mol. The fourth-order valence-corrected chi connectivity index (χ4v) is 5.30. The van der Waals surface area contributed by atoms with E-state index < -0.39 is 17.8 Å². The Bertz CT molecular complexity index is 1300. The number of aromatic nitrogens is 3. The summed E-state index contributed by atoms with van der Waals surface area (Å²) in [6, 6.07) is 11.7. The third-order valence-electron chi connectivity index (χ3n) is 6.02. The van der Waals surface area contributed by atoms with Crippen LogP contribution in [0.2, 0.25) is 0 Å². The molecule has 1 N–H and O–H groups in total. The van der Waals surface area contributed by atoms with Gasteiger partial charge in [0.2, 0.25) is 17.6 Å². The van der Waals surface area contributed by atoms with Gasteiger partial charge in [-0.15, -0.1) is 16.9 Å². The third-order valence-corrected chi connectivity index (χ3v) is 7.16. The molecule has 2 aromatic carbocycles. The van der Waals surface area contributed by atoms with Gasteiger partial charge in [0.15, 0.2) is 0 Å². The van der Waals surface area contributed by atoms with Crippen LogP contribution in [0.4, 0.5) is 15.8 Å². The Morgan fingerprint density at radius 3 is 2.74 bits per heavy atom. The third kappa shape index (κ3) is 4.63. The van der Waals surface area contributed by atoms with Crippen molar-refractivity contribution in [2.24, 2.45) is 0 Å². The topological polar surface area (TPSA) is 100 Å². The SMILES string of the molecule is CN1C(=O)[C@@H](NC(=O)c2ncn(Cc3ccccc3)n2)CSc2cc(N3CCCC3=O)c(F)cc21. The summed E-state index contributed by atoms with van der Waals surface area (Å²) in [6.07, 6.45) is 2.55. The van der Waals surface area contributed by atoms with Gasteiger partial charge in [0.05, 0.1) is 17.9 Å². The first-order valence-electron chi connectivity index (χ1n) is 11.2. The molecule has 0 saturated carbocycles. The number of nitrogens with one attached hydrogen (secondary N) is 1. The first-order chi connectivity index (χ1) is 16.9. The molecule has 1 atom stereocenters. The van der Waals surface area contributed by atoms with Crippen molar-refractivity contribution >= 4 is 40.9 Å². The molecule has 180 valence electrons. The van der Waals surface area contributed by atoms with Crippen molar-refractivity contribution in [2.45, 2.75) is 30.3 Å². The van der Waals surface area contributed by atoms with Crippen molar-refractivity contribution in [3.8, 4) is 0 Å². The fraction of sp³-hybridized carbons (Fsp3) is 0.292. The smallest absolute Gasteiger partial charge is 0.291 e. The molecule has 3 amide bonds. The number of rotatable bonds is 5. The van der Waals surface area contributed by atoms with Crippen LogP contribution >= 0.6 is 11.8 Å². The summed E-state index contributed by atoms with van der Waals surface area (Å²) in [4.78, 5) is 45.5. The number of benzene rings is 2. The normalized spacial score (nSPS) is 17.9. The van der Waals surface area contributed by atoms with Crippen LogP contribution in [0.25, 0.3) is 0 Å². The molecule has 1 fully saturated rings. The molecule has 2 aliphatic rings. The fourth-order valence-electron chi connectivity index (χ4n) is 4.19. The largest absolute Gasteiger partial charge is 0.337 e. The number of nitrogens with zero attached hydrogens (tertiary/aromatic N) is 5. The van der Waals surface area contributed by atoms with Crippen LogP contribution in [0.1, 0.15) is 29.0 Å². The van der Waals surface area contributed by atoms with Gasteiger partial charge in [0.1, 0.15) is 18.2 Å². The Hall–Kier alpha value is -3.73. The molecule has 3 aromatic rings. The second-order valence-electron chi connectivity index (χ2n) is 8.41. The number of likely N-dealkylation sites (N-methyl/N-ethyl adjacent to an activating group) is 1. The maximum atomic E-state index is 14.9. The number of halogens is 1. The molecule has 3 heterocycles. The monoisotopic (exact) mass is 494 g/mol. The summed E-state index contributed by atoms with van der Waals surface area (Å²) < 4.78 is 16.4. The van der Waals surface area contributed by atoms with Gasteiger partial charge in [-0.25, -0.2) is 14.1 Å². The van der Waals surface area contributed by atoms with E-state index in [9.17, 15) is 18.8 Å². The van der Waals surface area contributed by atoms with E-state index in [-0.39, 0.29) is 29.1 Å². The van der Waals surface area contributed by atoms with Crippen molar-refractivity contribution in [3.63, 3.8) is 0 Å². The summed E-state index contributed by atoms with van der Waals surface area (Å²) in [5.74, 6) is -1.41. The molecular weight excluding hydrogens is 471 g/mol. The standard InChI is InChI=1S/C24H23FN6O3S/c1-29-19-10-16(25)18(31-9-5-8-21(31)32)11-20(19)35-13-17(24(29)34)27-23(33)22-26-14-30(28-22)12-15-6-3-2-4-7-15/h2-4,6-7,10-11,14,17H,5,8-9,12-13H2,1H3,(H,27,33)/t17-/m0/s1. The highest BCUT2D eigenvalue weighted by molar-refractivity contribution is 7.99. The van der Waals surface area contributed by atoms with Gasteiger partial charge in [0, 0.05) is 36.7 Å². The lowest BCUT2D eigenvalue weighted by molar-refractivity contribution is -0.119. The number of carbonyl (C=O) groups excluding carboxylic acids is 3. The van der Waals surface area contributed by atoms with Gasteiger partial charge in [-0.2, -0.15) is 0 Å². The Balaban J connectivity index is 1.31. The van der Waals surface area contributed by atoms with E-state index in [0.29, 0.717) is 36.5 Å². The summed E-state index contributed by atoms with van der Waals surface area (Å²) in [5, 5.41) is 6.94. The van der Waals surface area contributed by atoms with Gasteiger partial charge in [-0.05, 0) is 18.1 Å². The van der Waals surface area contributed by atoms with Gasteiger partial charge in [-0.3, -0.25) is 14.4 Å². The molecule has 2 aliphatic heterocycles. The average Bonchev–Trinajstić information content (AvgIpc) is 3.48. The number of hydrogen-bond acceptors (Lipinski definition) is 6. The number of amides is 3. The van der Waals surface area contributed by atoms with E-state index >= 15 is 0 Å². The van der Waals surface area contributed by atoms with Crippen LogP contribution < -0.4 is 15.1 Å². The van der Waals surface area contributed by atoms with Crippen LogP contribution in [-0.4, -0.2) is 57.9 Å². The second kappa shape index (κ2) is 9.49. The summed E-state index contributed by atoms with van der Waals surface area (Å²) in [6.45, 7) is 0.932. The maximum absolute atomic E-state index is 14.9. The summed E-state index contributed by atoms with van der Waals surface area (Å²) >= 11 is 1.32. The lowest BCUT2D eigenvalue weighted by Gasteiger charge is -2.23. The van der Waals surface area contributed by atoms with Crippen LogP contribution in [-0.2, 0) is 16.1 Å². The molecule has 9 nitrogen and oxygen atoms in total. The van der Waals surface area contributed by atoms with Crippen molar-refractivity contribution in [3.05, 3.63) is 66.0 Å². The molecule has 0 radical (unpaired) electrons. The Morgan fingerprint density at radius 2 is 2.00 bits per heavy atom. The van der Waals surface area contributed by atoms with E-state index in [1.54, 1.807) is 17.8 Å². The van der Waals surface area contributed by atoms with Crippen LogP contribution in [0.3, 0.4) is 0 Å². The summed E-state index contributed by atoms with van der Waals surface area (Å²) in [7, 11) is 1.54. The van der Waals surface area contributed by atoms with Crippen molar-refractivity contribution in [2.75, 3.05) is 29.1 Å². The zero-order valence-corrected chi connectivity index (χ0v) is 19.8. The lowest BCUT2D eigenvalue weighted by Crippen LogP contribution is -2.48. The number of carbonyl (C=O) groups is 3. The number of thioether (sulfide) groups is 1. The van der Waals surface area contributed by atoms with E-state index in [1.165, 1.54) is 34.0 Å². The molecule has 35 heavy (non-hydrogen) atoms. The summed E-state index contributed by atoms with van der Waals surface area (Å²) in [5.41, 5.74) is 1.63. The molecule has 0 aliphatic carbocycles. The predicted octanol–water partition coefficient (Wildman–Crippen LogP) is 2.46. The Labute approximate surface area is 205 Å². The zero-order chi connectivity index (χ0) is 24.5. The van der Waals surface area contributed by atoms with E-state index in [0.717, 1.165) is 5.56 Å². The molecule has 0 spiro atoms. The zero-order valence-electron chi connectivity index (χ0n) is 19.0. The second-order valence-corrected chi connectivity index (χ2v) is 9.47. The first-order valence-corrected chi connectivity index (χ1v) is 12.2. The molecular formula is C24H23FN6O3S. The molecule has 1 saturated heterocycles. The highest BCUT2D eigenvalue weighted by Gasteiger charge is 2.33. The van der Waals surface area contributed by atoms with Gasteiger partial charge >= 0.3 is 0 Å². The van der Waals surface area contributed by atoms with Crippen LogP contribution in [0.5, 0.6) is 0 Å². The van der Waals surface area contributed by atoms with E-state index in [1.807, 2.05) is 30.3 Å². The Kier molecular flexibility index (Phi) is 6.25. The molecule has 5 rings (SSSR count). The minimum atomic E-state index is -0.856. The maximum Gasteiger partial charge on any atom is 0.291 e. The van der Waals surface area contributed by atoms with Crippen LogP contribution in [0, 0.1) is 5.82 Å². The molecule has 1 aromatic heterocycles. The minimum Gasteiger partial charge on any atom is -0.337 e. The first kappa shape index (κ1) is 23.0. The van der Waals surface area contributed by atoms with E-state index in [2.05, 4.69) is 15.4 Å². The van der Waals surface area contributed by atoms with Crippen LogP contribution in [0.15, 0.2) is 53.7 Å². The molecule has 11 heteroatoms. The Morgan fingerprint density at radius 1 is 1.20 bits per heavy atom. The van der Waals surface area contributed by atoms with Gasteiger partial charge in [0.25, 0.3) is 5.91 Å².